The van der Waals surface area contributed by atoms with Gasteiger partial charge in [0.2, 0.25) is 11.8 Å². The molecule has 0 saturated carbocycles. The van der Waals surface area contributed by atoms with Crippen LogP contribution in [0.25, 0.3) is 11.6 Å². The molecule has 30 heavy (non-hydrogen) atoms. The number of hydrogen-bond acceptors (Lipinski definition) is 3. The van der Waals surface area contributed by atoms with Gasteiger partial charge >= 0.3 is 0 Å². The zero-order valence-electron chi connectivity index (χ0n) is 16.7. The molecule has 1 N–H and O–H groups in total. The number of nitrogens with zero attached hydrogens (tertiary/aromatic N) is 2. The molecule has 6 heteroatoms. The molecular formula is C24H24FN3O2. The van der Waals surface area contributed by atoms with Gasteiger partial charge in [-0.05, 0) is 65.3 Å². The van der Waals surface area contributed by atoms with Crippen LogP contribution in [-0.4, -0.2) is 34.8 Å². The molecule has 3 heterocycles. The third-order valence-corrected chi connectivity index (χ3v) is 5.48. The molecule has 4 rings (SSSR count). The van der Waals surface area contributed by atoms with Crippen molar-refractivity contribution >= 4 is 29.3 Å². The van der Waals surface area contributed by atoms with Gasteiger partial charge in [0.25, 0.3) is 0 Å². The number of alkyl halides is 1. The number of nitrogens with one attached hydrogen (secondary N) is 1. The first-order chi connectivity index (χ1) is 14.6. The number of carbonyl (C=O) groups excluding carboxylic acids is 2. The number of anilines is 1. The fourth-order valence-electron chi connectivity index (χ4n) is 3.83. The Bertz CT molecular complexity index is 1030. The fourth-order valence-corrected chi connectivity index (χ4v) is 3.83. The van der Waals surface area contributed by atoms with Crippen molar-refractivity contribution in [3.63, 3.8) is 0 Å². The molecule has 0 fully saturated rings. The van der Waals surface area contributed by atoms with Crippen LogP contribution in [-0.2, 0) is 22.7 Å². The zero-order valence-corrected chi connectivity index (χ0v) is 16.7. The van der Waals surface area contributed by atoms with Crippen molar-refractivity contribution in [1.29, 1.82) is 0 Å². The molecule has 5 nitrogen and oxygen atoms in total. The lowest BCUT2D eigenvalue weighted by molar-refractivity contribution is -0.125. The summed E-state index contributed by atoms with van der Waals surface area (Å²) < 4.78 is 13.0. The molecule has 0 saturated heterocycles. The Morgan fingerprint density at radius 3 is 3.00 bits per heavy atom. The van der Waals surface area contributed by atoms with E-state index in [0.29, 0.717) is 37.3 Å². The lowest BCUT2D eigenvalue weighted by Crippen LogP contribution is -2.29. The van der Waals surface area contributed by atoms with Gasteiger partial charge in [-0.2, -0.15) is 0 Å². The molecule has 2 aliphatic heterocycles. The Hall–Kier alpha value is -3.28. The first-order valence-electron chi connectivity index (χ1n) is 10.2. The maximum atomic E-state index is 13.0. The number of allylic oxidation sites excluding steroid dienone is 1. The van der Waals surface area contributed by atoms with Gasteiger partial charge in [0, 0.05) is 31.8 Å². The van der Waals surface area contributed by atoms with Gasteiger partial charge in [-0.25, -0.2) is 9.37 Å². The Morgan fingerprint density at radius 1 is 1.23 bits per heavy atom. The second-order valence-corrected chi connectivity index (χ2v) is 7.61. The van der Waals surface area contributed by atoms with Crippen LogP contribution >= 0.6 is 0 Å². The minimum atomic E-state index is -0.472. The Morgan fingerprint density at radius 2 is 2.13 bits per heavy atom. The van der Waals surface area contributed by atoms with Crippen molar-refractivity contribution < 1.29 is 14.0 Å². The Labute approximate surface area is 175 Å². The minimum Gasteiger partial charge on any atom is -0.335 e. The van der Waals surface area contributed by atoms with Crippen molar-refractivity contribution in [2.45, 2.75) is 32.4 Å². The van der Waals surface area contributed by atoms with E-state index < -0.39 is 6.67 Å². The number of aromatic nitrogens is 1. The van der Waals surface area contributed by atoms with Gasteiger partial charge in [-0.15, -0.1) is 0 Å². The summed E-state index contributed by atoms with van der Waals surface area (Å²) in [6.45, 7) is 0.744. The highest BCUT2D eigenvalue weighted by molar-refractivity contribution is 5.94. The number of carbonyl (C=O) groups is 2. The van der Waals surface area contributed by atoms with Gasteiger partial charge in [-0.3, -0.25) is 9.59 Å². The van der Waals surface area contributed by atoms with Gasteiger partial charge in [-0.1, -0.05) is 24.3 Å². The fraction of sp³-hybridized carbons (Fsp3) is 0.292. The summed E-state index contributed by atoms with van der Waals surface area (Å²) >= 11 is 0. The lowest BCUT2D eigenvalue weighted by Gasteiger charge is -2.17. The molecule has 0 bridgehead atoms. The standard InChI is InChI=1S/C24H24FN3O2/c25-15-17-3-1-4-20(13-17)19-5-2-11-28(12-10-19)23(30)9-6-18-14-21-7-8-22(29)27-24(21)26-16-18/h1,3-4,6,9-10,13-14,16H,2,5,7-8,11-12,15H2,(H,26,27,29)/b9-6+. The van der Waals surface area contributed by atoms with E-state index in [0.717, 1.165) is 35.1 Å². The second-order valence-electron chi connectivity index (χ2n) is 7.61. The van der Waals surface area contributed by atoms with Crippen LogP contribution in [0.2, 0.25) is 0 Å². The van der Waals surface area contributed by atoms with Crippen LogP contribution in [0.15, 0.2) is 48.7 Å². The second kappa shape index (κ2) is 9.03. The first-order valence-corrected chi connectivity index (χ1v) is 10.2. The van der Waals surface area contributed by atoms with Crippen molar-refractivity contribution in [3.05, 3.63) is 70.9 Å². The number of halogens is 1. The zero-order chi connectivity index (χ0) is 20.9. The monoisotopic (exact) mass is 405 g/mol. The molecule has 2 aliphatic rings. The van der Waals surface area contributed by atoms with E-state index in [4.69, 9.17) is 0 Å². The van der Waals surface area contributed by atoms with E-state index in [1.807, 2.05) is 29.2 Å². The van der Waals surface area contributed by atoms with Crippen LogP contribution in [0.1, 0.15) is 41.5 Å². The van der Waals surface area contributed by atoms with Crippen molar-refractivity contribution in [2.24, 2.45) is 0 Å². The number of benzene rings is 1. The Kier molecular flexibility index (Phi) is 6.02. The predicted octanol–water partition coefficient (Wildman–Crippen LogP) is 4.16. The number of fused-ring (bicyclic) bond motifs is 1. The summed E-state index contributed by atoms with van der Waals surface area (Å²) in [5.74, 6) is 0.547. The number of rotatable bonds is 4. The topological polar surface area (TPSA) is 62.3 Å². The number of amides is 2. The maximum absolute atomic E-state index is 13.0. The highest BCUT2D eigenvalue weighted by atomic mass is 19.1. The van der Waals surface area contributed by atoms with Gasteiger partial charge in [0.15, 0.2) is 0 Å². The summed E-state index contributed by atoms with van der Waals surface area (Å²) in [5, 5.41) is 2.76. The summed E-state index contributed by atoms with van der Waals surface area (Å²) in [4.78, 5) is 30.2. The van der Waals surface area contributed by atoms with E-state index in [-0.39, 0.29) is 11.8 Å². The predicted molar refractivity (Wildman–Crippen MR) is 115 cm³/mol. The van der Waals surface area contributed by atoms with Crippen molar-refractivity contribution in [2.75, 3.05) is 18.4 Å². The Balaban J connectivity index is 1.42. The van der Waals surface area contributed by atoms with Gasteiger partial charge in [0.05, 0.1) is 0 Å². The number of hydrogen-bond donors (Lipinski definition) is 1. The highest BCUT2D eigenvalue weighted by Crippen LogP contribution is 2.24. The average molecular weight is 405 g/mol. The molecule has 0 unspecified atom stereocenters. The largest absolute Gasteiger partial charge is 0.335 e. The molecule has 2 amide bonds. The summed E-state index contributed by atoms with van der Waals surface area (Å²) in [6, 6.07) is 9.50. The van der Waals surface area contributed by atoms with Crippen molar-refractivity contribution in [3.8, 4) is 0 Å². The number of pyridine rings is 1. The third kappa shape index (κ3) is 4.64. The molecule has 1 aromatic carbocycles. The van der Waals surface area contributed by atoms with Crippen LogP contribution in [0, 0.1) is 0 Å². The van der Waals surface area contributed by atoms with E-state index >= 15 is 0 Å². The molecule has 0 radical (unpaired) electrons. The third-order valence-electron chi connectivity index (χ3n) is 5.48. The van der Waals surface area contributed by atoms with E-state index in [1.165, 1.54) is 0 Å². The van der Waals surface area contributed by atoms with Crippen LogP contribution in [0.3, 0.4) is 0 Å². The molecule has 0 spiro atoms. The number of aryl methyl sites for hydroxylation is 1. The van der Waals surface area contributed by atoms with E-state index in [9.17, 15) is 14.0 Å². The van der Waals surface area contributed by atoms with E-state index in [2.05, 4.69) is 16.4 Å². The summed E-state index contributed by atoms with van der Waals surface area (Å²) in [6.07, 6.45) is 9.92. The molecule has 2 aromatic rings. The van der Waals surface area contributed by atoms with Crippen LogP contribution in [0.4, 0.5) is 10.2 Å². The minimum absolute atomic E-state index is 0.0153. The van der Waals surface area contributed by atoms with Gasteiger partial charge in [0.1, 0.15) is 12.5 Å². The first kappa shape index (κ1) is 20.0. The summed E-state index contributed by atoms with van der Waals surface area (Å²) in [7, 11) is 0. The van der Waals surface area contributed by atoms with E-state index in [1.54, 1.807) is 24.4 Å². The van der Waals surface area contributed by atoms with Crippen LogP contribution in [0.5, 0.6) is 0 Å². The molecule has 154 valence electrons. The summed E-state index contributed by atoms with van der Waals surface area (Å²) in [5.41, 5.74) is 4.69. The highest BCUT2D eigenvalue weighted by Gasteiger charge is 2.17. The normalized spacial score (nSPS) is 16.6. The molecule has 0 aliphatic carbocycles. The molecular weight excluding hydrogens is 381 g/mol. The molecule has 0 atom stereocenters. The SMILES string of the molecule is O=C1CCc2cc(/C=C/C(=O)N3CC=C(c4cccc(CF)c4)CCC3)cnc2N1. The average Bonchev–Trinajstić information content (AvgIpc) is 3.04. The maximum Gasteiger partial charge on any atom is 0.246 e. The van der Waals surface area contributed by atoms with Crippen LogP contribution < -0.4 is 5.32 Å². The van der Waals surface area contributed by atoms with Gasteiger partial charge < -0.3 is 10.2 Å². The van der Waals surface area contributed by atoms with Crippen molar-refractivity contribution in [1.82, 2.24) is 9.88 Å². The smallest absolute Gasteiger partial charge is 0.246 e. The quantitative estimate of drug-likeness (QED) is 0.777. The lowest BCUT2D eigenvalue weighted by atomic mass is 10.00. The molecule has 1 aromatic heterocycles.